The molecule has 0 aliphatic carbocycles. The van der Waals surface area contributed by atoms with E-state index in [1.54, 1.807) is 13.8 Å². The topological polar surface area (TPSA) is 61.8 Å². The van der Waals surface area contributed by atoms with E-state index in [1.165, 1.54) is 0 Å². The molecule has 0 amide bonds. The van der Waals surface area contributed by atoms with Gasteiger partial charge >= 0.3 is 11.9 Å². The fourth-order valence-electron chi connectivity index (χ4n) is 5.65. The molecule has 0 spiro atoms. The number of esters is 2. The van der Waals surface area contributed by atoms with Crippen molar-refractivity contribution in [1.29, 1.82) is 0 Å². The summed E-state index contributed by atoms with van der Waals surface area (Å²) < 4.78 is 18.2. The van der Waals surface area contributed by atoms with E-state index < -0.39 is 35.0 Å². The number of carbonyl (C=O) groups is 2. The van der Waals surface area contributed by atoms with Crippen molar-refractivity contribution in [1.82, 2.24) is 0 Å². The van der Waals surface area contributed by atoms with Gasteiger partial charge in [-0.3, -0.25) is 9.59 Å². The monoisotopic (exact) mass is 442 g/mol. The molecule has 4 atom stereocenters. The average Bonchev–Trinajstić information content (AvgIpc) is 3.35. The Hall–Kier alpha value is -3.44. The van der Waals surface area contributed by atoms with Crippen LogP contribution in [0.1, 0.15) is 36.1 Å². The number of rotatable bonds is 6. The lowest BCUT2D eigenvalue weighted by Gasteiger charge is -2.38. The molecule has 5 nitrogen and oxygen atoms in total. The molecule has 0 unspecified atom stereocenters. The van der Waals surface area contributed by atoms with Gasteiger partial charge in [0.1, 0.15) is 23.0 Å². The predicted molar refractivity (Wildman–Crippen MR) is 122 cm³/mol. The van der Waals surface area contributed by atoms with Crippen LogP contribution in [0.2, 0.25) is 0 Å². The molecule has 33 heavy (non-hydrogen) atoms. The number of hydrogen-bond acceptors (Lipinski definition) is 5. The smallest absolute Gasteiger partial charge is 0.313 e. The molecule has 0 N–H and O–H groups in total. The third kappa shape index (κ3) is 2.89. The zero-order valence-electron chi connectivity index (χ0n) is 18.7. The molecule has 3 aromatic carbocycles. The van der Waals surface area contributed by atoms with Gasteiger partial charge < -0.3 is 14.2 Å². The Kier molecular flexibility index (Phi) is 5.29. The van der Waals surface area contributed by atoms with Gasteiger partial charge in [0.25, 0.3) is 0 Å². The molecule has 168 valence electrons. The first-order valence-electron chi connectivity index (χ1n) is 11.4. The Morgan fingerprint density at radius 3 is 1.39 bits per heavy atom. The lowest BCUT2D eigenvalue weighted by molar-refractivity contribution is -0.162. The van der Waals surface area contributed by atoms with Gasteiger partial charge in [-0.1, -0.05) is 84.9 Å². The molecule has 1 saturated heterocycles. The number of carbonyl (C=O) groups excluding carboxylic acids is 2. The molecule has 2 bridgehead atoms. The molecule has 0 saturated carbocycles. The highest BCUT2D eigenvalue weighted by molar-refractivity contribution is 5.89. The number of benzene rings is 3. The van der Waals surface area contributed by atoms with Gasteiger partial charge in [0, 0.05) is 0 Å². The number of ether oxygens (including phenoxy) is 3. The Morgan fingerprint density at radius 2 is 1.03 bits per heavy atom. The van der Waals surface area contributed by atoms with E-state index in [0.29, 0.717) is 0 Å². The second-order valence-electron chi connectivity index (χ2n) is 8.31. The Balaban J connectivity index is 1.88. The maximum Gasteiger partial charge on any atom is 0.313 e. The zero-order chi connectivity index (χ0) is 23.1. The molecule has 0 aromatic heterocycles. The van der Waals surface area contributed by atoms with Gasteiger partial charge in [0.05, 0.1) is 13.2 Å². The average molecular weight is 443 g/mol. The number of fused-ring (bicyclic) bond motifs is 5. The van der Waals surface area contributed by atoms with Crippen molar-refractivity contribution in [2.24, 2.45) is 11.8 Å². The highest BCUT2D eigenvalue weighted by atomic mass is 16.6. The highest BCUT2D eigenvalue weighted by Crippen LogP contribution is 2.68. The molecular formula is C28H26O5. The van der Waals surface area contributed by atoms with E-state index >= 15 is 0 Å². The second-order valence-corrected chi connectivity index (χ2v) is 8.31. The lowest BCUT2D eigenvalue weighted by Crippen LogP contribution is -2.49. The van der Waals surface area contributed by atoms with Crippen LogP contribution >= 0.6 is 0 Å². The van der Waals surface area contributed by atoms with Crippen molar-refractivity contribution in [2.45, 2.75) is 25.0 Å². The van der Waals surface area contributed by atoms with E-state index in [9.17, 15) is 9.59 Å². The van der Waals surface area contributed by atoms with Gasteiger partial charge in [-0.2, -0.15) is 0 Å². The Bertz CT molecular complexity index is 1080. The molecule has 2 heterocycles. The normalized spacial score (nSPS) is 27.1. The van der Waals surface area contributed by atoms with Crippen molar-refractivity contribution in [2.75, 3.05) is 13.2 Å². The predicted octanol–water partition coefficient (Wildman–Crippen LogP) is 4.58. The van der Waals surface area contributed by atoms with E-state index in [-0.39, 0.29) is 13.2 Å². The van der Waals surface area contributed by atoms with Crippen LogP contribution in [0, 0.1) is 11.8 Å². The maximum absolute atomic E-state index is 13.6. The highest BCUT2D eigenvalue weighted by Gasteiger charge is 2.75. The molecule has 1 fully saturated rings. The zero-order valence-corrected chi connectivity index (χ0v) is 18.7. The Labute approximate surface area is 193 Å². The third-order valence-electron chi connectivity index (χ3n) is 6.74. The van der Waals surface area contributed by atoms with Crippen LogP contribution in [0.4, 0.5) is 0 Å². The molecule has 0 radical (unpaired) electrons. The van der Waals surface area contributed by atoms with Gasteiger partial charge in [-0.25, -0.2) is 0 Å². The van der Waals surface area contributed by atoms with Crippen LogP contribution < -0.4 is 0 Å². The van der Waals surface area contributed by atoms with E-state index in [1.807, 2.05) is 84.9 Å². The molecule has 5 heteroatoms. The summed E-state index contributed by atoms with van der Waals surface area (Å²) in [7, 11) is 0. The largest absolute Gasteiger partial charge is 0.466 e. The minimum Gasteiger partial charge on any atom is -0.466 e. The van der Waals surface area contributed by atoms with Gasteiger partial charge in [0.2, 0.25) is 0 Å². The van der Waals surface area contributed by atoms with Crippen molar-refractivity contribution in [3.8, 4) is 0 Å². The molecule has 3 aromatic rings. The summed E-state index contributed by atoms with van der Waals surface area (Å²) in [6, 6.07) is 27.1. The summed E-state index contributed by atoms with van der Waals surface area (Å²) >= 11 is 0. The van der Waals surface area contributed by atoms with Crippen molar-refractivity contribution < 1.29 is 23.8 Å². The van der Waals surface area contributed by atoms with Crippen LogP contribution in [0.3, 0.4) is 0 Å². The van der Waals surface area contributed by atoms with E-state index in [0.717, 1.165) is 22.3 Å². The minimum atomic E-state index is -1.18. The Morgan fingerprint density at radius 1 is 0.667 bits per heavy atom. The first kappa shape index (κ1) is 21.4. The van der Waals surface area contributed by atoms with Crippen molar-refractivity contribution in [3.63, 3.8) is 0 Å². The fourth-order valence-corrected chi connectivity index (χ4v) is 5.65. The van der Waals surface area contributed by atoms with Crippen LogP contribution in [0.15, 0.2) is 84.9 Å². The summed E-state index contributed by atoms with van der Waals surface area (Å²) in [6.07, 6.45) is 0. The molecule has 5 rings (SSSR count). The van der Waals surface area contributed by atoms with Crippen LogP contribution in [0.5, 0.6) is 0 Å². The van der Waals surface area contributed by atoms with Gasteiger partial charge in [0.15, 0.2) is 0 Å². The first-order valence-corrected chi connectivity index (χ1v) is 11.4. The van der Waals surface area contributed by atoms with E-state index in [4.69, 9.17) is 14.2 Å². The molecule has 2 aliphatic heterocycles. The van der Waals surface area contributed by atoms with Gasteiger partial charge in [-0.15, -0.1) is 0 Å². The fraction of sp³-hybridized carbons (Fsp3) is 0.286. The quantitative estimate of drug-likeness (QED) is 0.523. The lowest BCUT2D eigenvalue weighted by atomic mass is 9.60. The van der Waals surface area contributed by atoms with Crippen LogP contribution in [-0.2, 0) is 35.0 Å². The van der Waals surface area contributed by atoms with Crippen molar-refractivity contribution >= 4 is 11.9 Å². The maximum atomic E-state index is 13.6. The van der Waals surface area contributed by atoms with Crippen molar-refractivity contribution in [3.05, 3.63) is 107 Å². The molecule has 2 aliphatic rings. The van der Waals surface area contributed by atoms with E-state index in [2.05, 4.69) is 0 Å². The summed E-state index contributed by atoms with van der Waals surface area (Å²) in [6.45, 7) is 3.94. The summed E-state index contributed by atoms with van der Waals surface area (Å²) in [5.74, 6) is -2.75. The minimum absolute atomic E-state index is 0.204. The third-order valence-corrected chi connectivity index (χ3v) is 6.74. The second kappa shape index (κ2) is 8.16. The van der Waals surface area contributed by atoms with Gasteiger partial charge in [-0.05, 0) is 36.1 Å². The first-order chi connectivity index (χ1) is 16.1. The summed E-state index contributed by atoms with van der Waals surface area (Å²) in [5, 5.41) is 0. The number of hydrogen-bond donors (Lipinski definition) is 0. The van der Waals surface area contributed by atoms with Crippen LogP contribution in [0.25, 0.3) is 0 Å². The SMILES string of the molecule is CCOC(=O)[C@@H]1[C@H](C(=O)OCC)[C@@]2(c3ccccc3)O[C@]1(c1ccccc1)c1ccccc12. The van der Waals surface area contributed by atoms with Crippen LogP contribution in [-0.4, -0.2) is 25.2 Å². The summed E-state index contributed by atoms with van der Waals surface area (Å²) in [5.41, 5.74) is 0.993. The molecular weight excluding hydrogens is 416 g/mol. The standard InChI is InChI=1S/C28H26O5/c1-3-31-25(29)23-24(26(30)32-4-2)28(20-15-9-6-10-16-20)22-18-12-11-17-21(22)27(23,33-28)19-13-7-5-8-14-19/h5-18,23-24H,3-4H2,1-2H3/t23-,24+,27+,28-. The summed E-state index contributed by atoms with van der Waals surface area (Å²) in [4.78, 5) is 27.2.